The van der Waals surface area contributed by atoms with Crippen LogP contribution < -0.4 is 5.73 Å². The van der Waals surface area contributed by atoms with Gasteiger partial charge in [0.1, 0.15) is 0 Å². The minimum absolute atomic E-state index is 0.0541. The van der Waals surface area contributed by atoms with Gasteiger partial charge in [0.2, 0.25) is 0 Å². The molecule has 17 heavy (non-hydrogen) atoms. The standard InChI is InChI=1S/C12H20N4O/c1-3-16-8-10(13)11(14-16)12(17)15(2)9-6-4-5-7-9/h8-9H,3-7,13H2,1-2H3. The SMILES string of the molecule is CCn1cc(N)c(C(=O)N(C)C2CCCC2)n1. The summed E-state index contributed by atoms with van der Waals surface area (Å²) >= 11 is 0. The Balaban J connectivity index is 2.14. The van der Waals surface area contributed by atoms with E-state index in [-0.39, 0.29) is 5.91 Å². The molecule has 1 aromatic heterocycles. The van der Waals surface area contributed by atoms with Crippen molar-refractivity contribution in [1.82, 2.24) is 14.7 Å². The van der Waals surface area contributed by atoms with Gasteiger partial charge < -0.3 is 10.6 Å². The first-order valence-corrected chi connectivity index (χ1v) is 6.23. The van der Waals surface area contributed by atoms with Gasteiger partial charge in [-0.2, -0.15) is 5.10 Å². The van der Waals surface area contributed by atoms with Crippen molar-refractivity contribution < 1.29 is 4.79 Å². The van der Waals surface area contributed by atoms with E-state index < -0.39 is 0 Å². The van der Waals surface area contributed by atoms with Crippen LogP contribution >= 0.6 is 0 Å². The summed E-state index contributed by atoms with van der Waals surface area (Å²) in [6.07, 6.45) is 6.32. The molecule has 0 radical (unpaired) electrons. The molecule has 0 spiro atoms. The van der Waals surface area contributed by atoms with Crippen LogP contribution in [0, 0.1) is 0 Å². The minimum Gasteiger partial charge on any atom is -0.396 e. The zero-order valence-electron chi connectivity index (χ0n) is 10.5. The third-order valence-electron chi connectivity index (χ3n) is 3.51. The molecule has 94 valence electrons. The van der Waals surface area contributed by atoms with Crippen LogP contribution in [-0.2, 0) is 6.54 Å². The van der Waals surface area contributed by atoms with E-state index in [0.29, 0.717) is 17.4 Å². The lowest BCUT2D eigenvalue weighted by Crippen LogP contribution is -2.35. The number of rotatable bonds is 3. The molecule has 2 N–H and O–H groups in total. The van der Waals surface area contributed by atoms with Gasteiger partial charge in [-0.15, -0.1) is 0 Å². The van der Waals surface area contributed by atoms with Crippen LogP contribution in [0.3, 0.4) is 0 Å². The molecule has 0 unspecified atom stereocenters. The number of hydrogen-bond donors (Lipinski definition) is 1. The summed E-state index contributed by atoms with van der Waals surface area (Å²) in [7, 11) is 1.85. The van der Waals surface area contributed by atoms with E-state index in [1.165, 1.54) is 12.8 Å². The normalized spacial score (nSPS) is 16.4. The lowest BCUT2D eigenvalue weighted by molar-refractivity contribution is 0.0729. The zero-order valence-corrected chi connectivity index (χ0v) is 10.5. The van der Waals surface area contributed by atoms with Crippen LogP contribution in [0.1, 0.15) is 43.1 Å². The highest BCUT2D eigenvalue weighted by molar-refractivity contribution is 5.97. The maximum absolute atomic E-state index is 12.3. The fraction of sp³-hybridized carbons (Fsp3) is 0.667. The molecular weight excluding hydrogens is 216 g/mol. The second kappa shape index (κ2) is 4.77. The first kappa shape index (κ1) is 12.0. The van der Waals surface area contributed by atoms with Crippen molar-refractivity contribution in [3.63, 3.8) is 0 Å². The molecule has 0 atom stereocenters. The molecule has 1 fully saturated rings. The summed E-state index contributed by atoms with van der Waals surface area (Å²) in [5.74, 6) is -0.0541. The Morgan fingerprint density at radius 3 is 2.76 bits per heavy atom. The lowest BCUT2D eigenvalue weighted by atomic mass is 10.2. The fourth-order valence-electron chi connectivity index (χ4n) is 2.39. The molecule has 1 amide bonds. The number of carbonyl (C=O) groups excluding carboxylic acids is 1. The van der Waals surface area contributed by atoms with Crippen molar-refractivity contribution >= 4 is 11.6 Å². The van der Waals surface area contributed by atoms with Gasteiger partial charge in [0, 0.05) is 25.8 Å². The van der Waals surface area contributed by atoms with Gasteiger partial charge in [-0.3, -0.25) is 9.48 Å². The number of aromatic nitrogens is 2. The van der Waals surface area contributed by atoms with E-state index in [2.05, 4.69) is 5.10 Å². The van der Waals surface area contributed by atoms with E-state index in [1.54, 1.807) is 15.8 Å². The molecule has 0 aromatic carbocycles. The van der Waals surface area contributed by atoms with Crippen molar-refractivity contribution in [2.75, 3.05) is 12.8 Å². The number of nitrogens with zero attached hydrogens (tertiary/aromatic N) is 3. The Bertz CT molecular complexity index is 407. The largest absolute Gasteiger partial charge is 0.396 e. The molecule has 1 aliphatic rings. The summed E-state index contributed by atoms with van der Waals surface area (Å²) < 4.78 is 1.70. The van der Waals surface area contributed by atoms with Crippen LogP contribution in [0.4, 0.5) is 5.69 Å². The number of carbonyl (C=O) groups is 1. The van der Waals surface area contributed by atoms with Crippen LogP contribution in [-0.4, -0.2) is 33.7 Å². The topological polar surface area (TPSA) is 64.2 Å². The highest BCUT2D eigenvalue weighted by Crippen LogP contribution is 2.24. The van der Waals surface area contributed by atoms with E-state index in [9.17, 15) is 4.79 Å². The van der Waals surface area contributed by atoms with E-state index in [0.717, 1.165) is 19.4 Å². The maximum Gasteiger partial charge on any atom is 0.276 e. The molecule has 2 rings (SSSR count). The van der Waals surface area contributed by atoms with Crippen molar-refractivity contribution in [3.05, 3.63) is 11.9 Å². The average molecular weight is 236 g/mol. The number of nitrogens with two attached hydrogens (primary N) is 1. The van der Waals surface area contributed by atoms with E-state index in [4.69, 9.17) is 5.73 Å². The Morgan fingerprint density at radius 1 is 1.59 bits per heavy atom. The predicted molar refractivity (Wildman–Crippen MR) is 66.7 cm³/mol. The fourth-order valence-corrected chi connectivity index (χ4v) is 2.39. The predicted octanol–water partition coefficient (Wildman–Crippen LogP) is 1.50. The molecule has 5 nitrogen and oxygen atoms in total. The Hall–Kier alpha value is -1.52. The van der Waals surface area contributed by atoms with E-state index >= 15 is 0 Å². The molecule has 1 aromatic rings. The Morgan fingerprint density at radius 2 is 2.24 bits per heavy atom. The second-order valence-electron chi connectivity index (χ2n) is 4.64. The number of hydrogen-bond acceptors (Lipinski definition) is 3. The molecule has 1 saturated carbocycles. The number of amides is 1. The molecule has 5 heteroatoms. The average Bonchev–Trinajstić information content (AvgIpc) is 2.95. The van der Waals surface area contributed by atoms with Gasteiger partial charge >= 0.3 is 0 Å². The third-order valence-corrected chi connectivity index (χ3v) is 3.51. The van der Waals surface area contributed by atoms with Gasteiger partial charge in [-0.25, -0.2) is 0 Å². The Kier molecular flexibility index (Phi) is 3.36. The summed E-state index contributed by atoms with van der Waals surface area (Å²) in [6, 6.07) is 0.355. The highest BCUT2D eigenvalue weighted by atomic mass is 16.2. The van der Waals surface area contributed by atoms with Crippen LogP contribution in [0.5, 0.6) is 0 Å². The minimum atomic E-state index is -0.0541. The van der Waals surface area contributed by atoms with Crippen LogP contribution in [0.25, 0.3) is 0 Å². The van der Waals surface area contributed by atoms with Gasteiger partial charge in [0.25, 0.3) is 5.91 Å². The summed E-state index contributed by atoms with van der Waals surface area (Å²) in [5, 5.41) is 4.22. The summed E-state index contributed by atoms with van der Waals surface area (Å²) in [6.45, 7) is 2.70. The molecular formula is C12H20N4O. The molecule has 0 saturated heterocycles. The third kappa shape index (κ3) is 2.28. The van der Waals surface area contributed by atoms with E-state index in [1.807, 2.05) is 14.0 Å². The van der Waals surface area contributed by atoms with Crippen LogP contribution in [0.2, 0.25) is 0 Å². The molecule has 0 aliphatic heterocycles. The summed E-state index contributed by atoms with van der Waals surface area (Å²) in [5.41, 5.74) is 6.69. The van der Waals surface area contributed by atoms with Gasteiger partial charge in [-0.1, -0.05) is 12.8 Å². The maximum atomic E-state index is 12.3. The van der Waals surface area contributed by atoms with Crippen molar-refractivity contribution in [3.8, 4) is 0 Å². The van der Waals surface area contributed by atoms with Crippen molar-refractivity contribution in [1.29, 1.82) is 0 Å². The zero-order chi connectivity index (χ0) is 12.4. The van der Waals surface area contributed by atoms with Gasteiger partial charge in [0.05, 0.1) is 5.69 Å². The van der Waals surface area contributed by atoms with Gasteiger partial charge in [-0.05, 0) is 19.8 Å². The first-order valence-electron chi connectivity index (χ1n) is 6.23. The second-order valence-corrected chi connectivity index (χ2v) is 4.64. The number of anilines is 1. The van der Waals surface area contributed by atoms with Crippen molar-refractivity contribution in [2.45, 2.75) is 45.2 Å². The van der Waals surface area contributed by atoms with Gasteiger partial charge in [0.15, 0.2) is 5.69 Å². The molecule has 0 bridgehead atoms. The van der Waals surface area contributed by atoms with Crippen molar-refractivity contribution in [2.24, 2.45) is 0 Å². The monoisotopic (exact) mass is 236 g/mol. The number of nitrogen functional groups attached to an aromatic ring is 1. The molecule has 1 heterocycles. The lowest BCUT2D eigenvalue weighted by Gasteiger charge is -2.23. The van der Waals surface area contributed by atoms with Crippen LogP contribution in [0.15, 0.2) is 6.20 Å². The summed E-state index contributed by atoms with van der Waals surface area (Å²) in [4.78, 5) is 14.0. The number of aryl methyl sites for hydroxylation is 1. The highest BCUT2D eigenvalue weighted by Gasteiger charge is 2.26. The quantitative estimate of drug-likeness (QED) is 0.865. The first-order chi connectivity index (χ1) is 8.13. The Labute approximate surface area is 102 Å². The smallest absolute Gasteiger partial charge is 0.276 e. The molecule has 1 aliphatic carbocycles.